The lowest BCUT2D eigenvalue weighted by Crippen LogP contribution is -2.46. The number of benzene rings is 3. The monoisotopic (exact) mass is 575 g/mol. The molecule has 0 radical (unpaired) electrons. The zero-order valence-electron chi connectivity index (χ0n) is 23.8. The Morgan fingerprint density at radius 2 is 1.38 bits per heavy atom. The van der Waals surface area contributed by atoms with Gasteiger partial charge in [-0.3, -0.25) is 14.4 Å². The number of ketones is 2. The summed E-state index contributed by atoms with van der Waals surface area (Å²) in [6.07, 6.45) is -1.26. The van der Waals surface area contributed by atoms with Gasteiger partial charge in [0.05, 0.1) is 6.61 Å². The number of anilines is 1. The van der Waals surface area contributed by atoms with E-state index in [4.69, 9.17) is 4.74 Å². The zero-order valence-corrected chi connectivity index (χ0v) is 23.8. The molecular weight excluding hydrogens is 538 g/mol. The summed E-state index contributed by atoms with van der Waals surface area (Å²) < 4.78 is 5.77. The van der Waals surface area contributed by atoms with Gasteiger partial charge in [-0.1, -0.05) is 56.3 Å². The molecule has 10 nitrogen and oxygen atoms in total. The largest absolute Gasteiger partial charge is 0.457 e. The Morgan fingerprint density at radius 1 is 0.786 bits per heavy atom. The van der Waals surface area contributed by atoms with Gasteiger partial charge < -0.3 is 30.9 Å². The molecule has 0 aromatic heterocycles. The molecule has 3 amide bonds. The van der Waals surface area contributed by atoms with Gasteiger partial charge in [-0.25, -0.2) is 4.79 Å². The van der Waals surface area contributed by atoms with Gasteiger partial charge in [0.1, 0.15) is 17.6 Å². The van der Waals surface area contributed by atoms with Crippen LogP contribution < -0.4 is 20.7 Å². The van der Waals surface area contributed by atoms with E-state index in [9.17, 15) is 29.4 Å². The highest BCUT2D eigenvalue weighted by atomic mass is 16.5. The molecule has 0 aliphatic carbocycles. The lowest BCUT2D eigenvalue weighted by atomic mass is 9.87. The van der Waals surface area contributed by atoms with Crippen molar-refractivity contribution in [2.45, 2.75) is 45.8 Å². The standard InChI is InChI=1S/C32H37N3O7/c1-32(2,21-36)29(39)30(40)33-19-18-28(38)27(37)17-12-22-8-13-24(14-9-22)35-31(41)34-20-23-10-15-26(16-11-23)42-25-6-4-3-5-7-25/h3-11,13-16,29,36,39H,12,17-21H2,1-2H3,(H,33,40)(H2,34,35,41)/t29-/m0/s1. The predicted molar refractivity (Wildman–Crippen MR) is 158 cm³/mol. The SMILES string of the molecule is CC(C)(CO)[C@@H](O)C(=O)NCCC(=O)C(=O)CCc1ccc(NC(=O)NCc2ccc(Oc3ccccc3)cc2)cc1. The van der Waals surface area contributed by atoms with E-state index in [1.54, 1.807) is 24.3 Å². The Bertz CT molecular complexity index is 1340. The first-order valence-electron chi connectivity index (χ1n) is 13.7. The molecule has 0 fully saturated rings. The van der Waals surface area contributed by atoms with Crippen LogP contribution in [-0.2, 0) is 27.3 Å². The van der Waals surface area contributed by atoms with E-state index in [1.165, 1.54) is 13.8 Å². The third kappa shape index (κ3) is 10.1. The first kappa shape index (κ1) is 32.0. The molecule has 0 bridgehead atoms. The normalized spacial score (nSPS) is 11.7. The molecule has 3 rings (SSSR count). The van der Waals surface area contributed by atoms with Gasteiger partial charge in [0.2, 0.25) is 5.91 Å². The fourth-order valence-electron chi connectivity index (χ4n) is 3.79. The van der Waals surface area contributed by atoms with Crippen molar-refractivity contribution >= 4 is 29.2 Å². The fraction of sp³-hybridized carbons (Fsp3) is 0.312. The number of aliphatic hydroxyl groups excluding tert-OH is 2. The molecule has 0 unspecified atom stereocenters. The minimum atomic E-state index is -1.44. The van der Waals surface area contributed by atoms with E-state index < -0.39 is 29.0 Å². The van der Waals surface area contributed by atoms with E-state index in [0.29, 0.717) is 24.4 Å². The number of carbonyl (C=O) groups excluding carboxylic acids is 4. The van der Waals surface area contributed by atoms with Crippen LogP contribution >= 0.6 is 0 Å². The number of carbonyl (C=O) groups is 4. The van der Waals surface area contributed by atoms with Gasteiger partial charge in [-0.05, 0) is 53.9 Å². The van der Waals surface area contributed by atoms with Gasteiger partial charge >= 0.3 is 6.03 Å². The van der Waals surface area contributed by atoms with Crippen LogP contribution in [0.4, 0.5) is 10.5 Å². The summed E-state index contributed by atoms with van der Waals surface area (Å²) in [6, 6.07) is 23.5. The number of Topliss-reactive ketones (excluding diaryl/α,β-unsaturated/α-hetero) is 2. The summed E-state index contributed by atoms with van der Waals surface area (Å²) in [5, 5.41) is 27.2. The van der Waals surface area contributed by atoms with Crippen LogP contribution in [0.3, 0.4) is 0 Å². The lowest BCUT2D eigenvalue weighted by Gasteiger charge is -2.27. The van der Waals surface area contributed by atoms with Crippen LogP contribution in [0.25, 0.3) is 0 Å². The number of hydrogen-bond donors (Lipinski definition) is 5. The number of aryl methyl sites for hydroxylation is 1. The Kier molecular flexibility index (Phi) is 11.8. The second kappa shape index (κ2) is 15.5. The van der Waals surface area contributed by atoms with Crippen LogP contribution in [0.2, 0.25) is 0 Å². The van der Waals surface area contributed by atoms with Crippen molar-refractivity contribution in [1.29, 1.82) is 0 Å². The Labute approximate surface area is 245 Å². The van der Waals surface area contributed by atoms with Crippen LogP contribution in [0, 0.1) is 5.41 Å². The molecule has 0 heterocycles. The number of ether oxygens (including phenoxy) is 1. The van der Waals surface area contributed by atoms with Gasteiger partial charge in [0, 0.05) is 37.0 Å². The van der Waals surface area contributed by atoms with Crippen molar-refractivity contribution in [3.05, 3.63) is 90.0 Å². The first-order chi connectivity index (χ1) is 20.1. The van der Waals surface area contributed by atoms with Gasteiger partial charge in [-0.2, -0.15) is 0 Å². The van der Waals surface area contributed by atoms with Crippen LogP contribution in [0.5, 0.6) is 11.5 Å². The minimum absolute atomic E-state index is 0.00931. The molecule has 0 spiro atoms. The molecule has 0 saturated heterocycles. The van der Waals surface area contributed by atoms with E-state index >= 15 is 0 Å². The van der Waals surface area contributed by atoms with Crippen molar-refractivity contribution < 1.29 is 34.1 Å². The highest BCUT2D eigenvalue weighted by Crippen LogP contribution is 2.21. The summed E-state index contributed by atoms with van der Waals surface area (Å²) in [5.74, 6) is -0.431. The lowest BCUT2D eigenvalue weighted by molar-refractivity contribution is -0.138. The molecule has 1 atom stereocenters. The maximum atomic E-state index is 12.3. The highest BCUT2D eigenvalue weighted by Gasteiger charge is 2.32. The summed E-state index contributed by atoms with van der Waals surface area (Å²) in [4.78, 5) is 48.6. The third-order valence-corrected chi connectivity index (χ3v) is 6.57. The molecule has 3 aromatic rings. The number of para-hydroxylation sites is 1. The van der Waals surface area contributed by atoms with Crippen LogP contribution in [0.15, 0.2) is 78.9 Å². The number of nitrogens with one attached hydrogen (secondary N) is 3. The van der Waals surface area contributed by atoms with Crippen molar-refractivity contribution in [2.75, 3.05) is 18.5 Å². The summed E-state index contributed by atoms with van der Waals surface area (Å²) >= 11 is 0. The third-order valence-electron chi connectivity index (χ3n) is 6.57. The zero-order chi connectivity index (χ0) is 30.5. The minimum Gasteiger partial charge on any atom is -0.457 e. The van der Waals surface area contributed by atoms with Crippen molar-refractivity contribution in [1.82, 2.24) is 10.6 Å². The van der Waals surface area contributed by atoms with E-state index in [1.807, 2.05) is 54.6 Å². The predicted octanol–water partition coefficient (Wildman–Crippen LogP) is 3.76. The second-order valence-electron chi connectivity index (χ2n) is 10.5. The fourth-order valence-corrected chi connectivity index (χ4v) is 3.79. The molecule has 3 aromatic carbocycles. The van der Waals surface area contributed by atoms with Crippen LogP contribution in [-0.4, -0.2) is 53.0 Å². The Balaban J connectivity index is 1.35. The number of rotatable bonds is 15. The van der Waals surface area contributed by atoms with E-state index in [2.05, 4.69) is 16.0 Å². The smallest absolute Gasteiger partial charge is 0.319 e. The first-order valence-corrected chi connectivity index (χ1v) is 13.7. The summed E-state index contributed by atoms with van der Waals surface area (Å²) in [7, 11) is 0. The molecule has 0 aliphatic heterocycles. The Hall–Kier alpha value is -4.54. The quantitative estimate of drug-likeness (QED) is 0.173. The molecule has 42 heavy (non-hydrogen) atoms. The molecule has 222 valence electrons. The van der Waals surface area contributed by atoms with Crippen molar-refractivity contribution in [3.8, 4) is 11.5 Å². The maximum absolute atomic E-state index is 12.3. The van der Waals surface area contributed by atoms with Crippen molar-refractivity contribution in [2.24, 2.45) is 5.41 Å². The number of hydrogen-bond acceptors (Lipinski definition) is 7. The summed E-state index contributed by atoms with van der Waals surface area (Å²) in [5.41, 5.74) is 1.28. The topological polar surface area (TPSA) is 154 Å². The molecule has 0 aliphatic rings. The molecular formula is C32H37N3O7. The number of urea groups is 1. The molecule has 10 heteroatoms. The highest BCUT2D eigenvalue weighted by molar-refractivity contribution is 6.37. The molecule has 5 N–H and O–H groups in total. The Morgan fingerprint density at radius 3 is 2.02 bits per heavy atom. The van der Waals surface area contributed by atoms with Gasteiger partial charge in [-0.15, -0.1) is 0 Å². The number of amides is 3. The van der Waals surface area contributed by atoms with Crippen molar-refractivity contribution in [3.63, 3.8) is 0 Å². The van der Waals surface area contributed by atoms with Gasteiger partial charge in [0.25, 0.3) is 0 Å². The average molecular weight is 576 g/mol. The van der Waals surface area contributed by atoms with E-state index in [0.717, 1.165) is 16.9 Å². The van der Waals surface area contributed by atoms with Gasteiger partial charge in [0.15, 0.2) is 11.6 Å². The van der Waals surface area contributed by atoms with E-state index in [-0.39, 0.29) is 32.0 Å². The summed E-state index contributed by atoms with van der Waals surface area (Å²) in [6.45, 7) is 2.93. The average Bonchev–Trinajstić information content (AvgIpc) is 3.00. The van der Waals surface area contributed by atoms with Crippen LogP contribution in [0.1, 0.15) is 37.8 Å². The number of aliphatic hydroxyl groups is 2. The maximum Gasteiger partial charge on any atom is 0.319 e. The second-order valence-corrected chi connectivity index (χ2v) is 10.5. The molecule has 0 saturated carbocycles.